The zero-order valence-corrected chi connectivity index (χ0v) is 8.58. The van der Waals surface area contributed by atoms with Crippen LogP contribution in [0.5, 0.6) is 0 Å². The molecule has 0 spiro atoms. The molecule has 0 radical (unpaired) electrons. The van der Waals surface area contributed by atoms with Gasteiger partial charge in [0.15, 0.2) is 0 Å². The first-order chi connectivity index (χ1) is 11.0. The second kappa shape index (κ2) is 4.31. The van der Waals surface area contributed by atoms with Gasteiger partial charge >= 0.3 is 0 Å². The maximum atomic E-state index is 8.17. The Hall–Kier alpha value is -1.56. The van der Waals surface area contributed by atoms with E-state index in [9.17, 15) is 0 Å². The molecule has 0 bridgehead atoms. The van der Waals surface area contributed by atoms with Gasteiger partial charge in [-0.1, -0.05) is 68.2 Å². The van der Waals surface area contributed by atoms with Crippen LogP contribution in [0, 0.1) is 0 Å². The quantitative estimate of drug-likeness (QED) is 0.678. The van der Waals surface area contributed by atoms with Crippen molar-refractivity contribution in [1.82, 2.24) is 0 Å². The smallest absolute Gasteiger partial charge is 0.0622 e. The first-order valence-corrected chi connectivity index (χ1v) is 4.69. The highest BCUT2D eigenvalue weighted by Crippen LogP contribution is 2.22. The Balaban J connectivity index is 3.01. The summed E-state index contributed by atoms with van der Waals surface area (Å²) in [5.41, 5.74) is -0.346. The molecule has 0 amide bonds. The Morgan fingerprint density at radius 1 is 0.800 bits per heavy atom. The molecular weight excluding hydrogens is 180 g/mol. The lowest BCUT2D eigenvalue weighted by molar-refractivity contribution is 0.867. The first-order valence-electron chi connectivity index (χ1n) is 9.19. The molecule has 0 aliphatic carbocycles. The SMILES string of the molecule is [2H]c1c([2H])c([2H])c(-c2c([2H])c([2H])c(C(C)C)c([2H])c2[2H])c([2H])c1[2H]. The van der Waals surface area contributed by atoms with Crippen molar-refractivity contribution in [2.45, 2.75) is 19.8 Å². The lowest BCUT2D eigenvalue weighted by Crippen LogP contribution is -1.86. The van der Waals surface area contributed by atoms with Crippen LogP contribution in [0.2, 0.25) is 0 Å². The molecule has 0 unspecified atom stereocenters. The number of benzene rings is 2. The molecule has 0 saturated heterocycles. The molecule has 0 fully saturated rings. The lowest BCUT2D eigenvalue weighted by atomic mass is 9.99. The Bertz CT molecular complexity index is 782. The molecule has 0 heterocycles. The highest BCUT2D eigenvalue weighted by atomic mass is 14.0. The van der Waals surface area contributed by atoms with Gasteiger partial charge in [0.2, 0.25) is 0 Å². The average molecular weight is 205 g/mol. The lowest BCUT2D eigenvalue weighted by Gasteiger charge is -2.06. The van der Waals surface area contributed by atoms with E-state index < -0.39 is 42.3 Å². The minimum Gasteiger partial charge on any atom is -0.0622 e. The van der Waals surface area contributed by atoms with Gasteiger partial charge in [-0.2, -0.15) is 0 Å². The maximum absolute atomic E-state index is 8.17. The Labute approximate surface area is 104 Å². The monoisotopic (exact) mass is 205 g/mol. The maximum Gasteiger partial charge on any atom is 0.0629 e. The Morgan fingerprint density at radius 3 is 1.87 bits per heavy atom. The first kappa shape index (κ1) is 3.79. The fourth-order valence-corrected chi connectivity index (χ4v) is 1.11. The summed E-state index contributed by atoms with van der Waals surface area (Å²) in [6.45, 7) is 3.49. The van der Waals surface area contributed by atoms with Gasteiger partial charge in [0.05, 0.1) is 12.3 Å². The van der Waals surface area contributed by atoms with Crippen molar-refractivity contribution >= 4 is 0 Å². The van der Waals surface area contributed by atoms with Crippen molar-refractivity contribution in [3.05, 3.63) is 59.9 Å². The number of rotatable bonds is 2. The van der Waals surface area contributed by atoms with Crippen molar-refractivity contribution in [2.24, 2.45) is 0 Å². The van der Waals surface area contributed by atoms with Crippen molar-refractivity contribution < 1.29 is 12.3 Å². The molecule has 0 aromatic heterocycles. The molecule has 0 aliphatic heterocycles. The molecule has 0 heteroatoms. The van der Waals surface area contributed by atoms with Gasteiger partial charge in [-0.25, -0.2) is 0 Å². The van der Waals surface area contributed by atoms with Crippen LogP contribution in [0.15, 0.2) is 54.4 Å². The van der Waals surface area contributed by atoms with Crippen LogP contribution >= 0.6 is 0 Å². The van der Waals surface area contributed by atoms with E-state index in [1.54, 1.807) is 13.8 Å². The Kier molecular flexibility index (Phi) is 1.09. The van der Waals surface area contributed by atoms with Crippen LogP contribution in [-0.4, -0.2) is 0 Å². The molecule has 0 aliphatic rings. The predicted molar refractivity (Wildman–Crippen MR) is 66.0 cm³/mol. The van der Waals surface area contributed by atoms with Gasteiger partial charge in [-0.15, -0.1) is 0 Å². The van der Waals surface area contributed by atoms with Crippen molar-refractivity contribution in [1.29, 1.82) is 0 Å². The average Bonchev–Trinajstić information content (AvgIpc) is 2.52. The zero-order chi connectivity index (χ0) is 18.5. The molecule has 15 heavy (non-hydrogen) atoms. The minimum absolute atomic E-state index is 0.237. The molecule has 2 aromatic carbocycles. The zero-order valence-electron chi connectivity index (χ0n) is 17.6. The summed E-state index contributed by atoms with van der Waals surface area (Å²) < 4.78 is 71.6. The van der Waals surface area contributed by atoms with Gasteiger partial charge in [0.1, 0.15) is 0 Å². The molecule has 0 nitrogen and oxygen atoms in total. The summed E-state index contributed by atoms with van der Waals surface area (Å²) in [6, 6.07) is -4.12. The van der Waals surface area contributed by atoms with Gasteiger partial charge < -0.3 is 0 Å². The minimum atomic E-state index is -0.573. The van der Waals surface area contributed by atoms with E-state index in [-0.39, 0.29) is 34.7 Å². The molecular formula is C15H16. The van der Waals surface area contributed by atoms with Crippen molar-refractivity contribution in [2.75, 3.05) is 0 Å². The third-order valence-corrected chi connectivity index (χ3v) is 1.97. The topological polar surface area (TPSA) is 0 Å². The van der Waals surface area contributed by atoms with E-state index in [1.807, 2.05) is 0 Å². The number of hydrogen-bond acceptors (Lipinski definition) is 0. The fraction of sp³-hybridized carbons (Fsp3) is 0.200. The van der Waals surface area contributed by atoms with E-state index >= 15 is 0 Å². The summed E-state index contributed by atoms with van der Waals surface area (Å²) in [4.78, 5) is 0. The normalized spacial score (nSPS) is 19.0. The third kappa shape index (κ3) is 2.27. The number of hydrogen-bond donors (Lipinski definition) is 0. The molecule has 76 valence electrons. The molecule has 0 saturated carbocycles. The highest BCUT2D eigenvalue weighted by Gasteiger charge is 1.99. The second-order valence-electron chi connectivity index (χ2n) is 3.44. The molecule has 0 N–H and O–H groups in total. The van der Waals surface area contributed by atoms with Crippen LogP contribution < -0.4 is 0 Å². The van der Waals surface area contributed by atoms with E-state index in [2.05, 4.69) is 0 Å². The summed E-state index contributed by atoms with van der Waals surface area (Å²) in [5.74, 6) is -0.243. The fourth-order valence-electron chi connectivity index (χ4n) is 1.11. The molecule has 2 aromatic rings. The predicted octanol–water partition coefficient (Wildman–Crippen LogP) is 4.48. The summed E-state index contributed by atoms with van der Waals surface area (Å²) >= 11 is 0. The van der Waals surface area contributed by atoms with Crippen LogP contribution in [0.25, 0.3) is 11.1 Å². The summed E-state index contributed by atoms with van der Waals surface area (Å²) in [7, 11) is 0. The van der Waals surface area contributed by atoms with Crippen molar-refractivity contribution in [3.63, 3.8) is 0 Å². The van der Waals surface area contributed by atoms with Crippen LogP contribution in [0.4, 0.5) is 0 Å². The van der Waals surface area contributed by atoms with Crippen LogP contribution in [-0.2, 0) is 0 Å². The van der Waals surface area contributed by atoms with Gasteiger partial charge in [0.25, 0.3) is 0 Å². The van der Waals surface area contributed by atoms with Gasteiger partial charge in [-0.3, -0.25) is 0 Å². The molecule has 2 rings (SSSR count). The Morgan fingerprint density at radius 2 is 1.33 bits per heavy atom. The summed E-state index contributed by atoms with van der Waals surface area (Å²) in [6.07, 6.45) is 0. The second-order valence-corrected chi connectivity index (χ2v) is 3.44. The van der Waals surface area contributed by atoms with Gasteiger partial charge in [-0.05, 0) is 22.6 Å². The molecule has 0 atom stereocenters. The van der Waals surface area contributed by atoms with E-state index in [0.717, 1.165) is 0 Å². The summed E-state index contributed by atoms with van der Waals surface area (Å²) in [5, 5.41) is 0. The van der Waals surface area contributed by atoms with Crippen molar-refractivity contribution in [3.8, 4) is 11.1 Å². The van der Waals surface area contributed by atoms with Crippen LogP contribution in [0.3, 0.4) is 0 Å². The van der Waals surface area contributed by atoms with Crippen LogP contribution in [0.1, 0.15) is 37.7 Å². The van der Waals surface area contributed by atoms with E-state index in [4.69, 9.17) is 12.3 Å². The highest BCUT2D eigenvalue weighted by molar-refractivity contribution is 5.63. The third-order valence-electron chi connectivity index (χ3n) is 1.97. The van der Waals surface area contributed by atoms with Gasteiger partial charge in [0, 0.05) is 0 Å². The standard InChI is InChI=1S/C15H16/c1-12(2)13-8-10-15(11-9-13)14-6-4-3-5-7-14/h3-12H,1-2H3/i3D,4D,5D,6D,7D,8D,9D,10D,11D. The largest absolute Gasteiger partial charge is 0.0629 e. The van der Waals surface area contributed by atoms with E-state index in [1.165, 1.54) is 0 Å². The van der Waals surface area contributed by atoms with E-state index in [0.29, 0.717) is 0 Å².